The molecule has 0 spiro atoms. The number of hydrogen-bond donors (Lipinski definition) is 1. The molecule has 4 rings (SSSR count). The van der Waals surface area contributed by atoms with Crippen molar-refractivity contribution in [2.75, 3.05) is 31.1 Å². The fourth-order valence-electron chi connectivity index (χ4n) is 3.78. The van der Waals surface area contributed by atoms with Crippen LogP contribution in [0.4, 0.5) is 10.5 Å². The quantitative estimate of drug-likeness (QED) is 0.921. The topological polar surface area (TPSA) is 74.5 Å². The molecule has 25 heavy (non-hydrogen) atoms. The second-order valence-corrected chi connectivity index (χ2v) is 6.70. The van der Waals surface area contributed by atoms with E-state index < -0.39 is 0 Å². The highest BCUT2D eigenvalue weighted by Gasteiger charge is 2.33. The summed E-state index contributed by atoms with van der Waals surface area (Å²) in [7, 11) is 0. The maximum absolute atomic E-state index is 12.5. The summed E-state index contributed by atoms with van der Waals surface area (Å²) in [6.45, 7) is 4.85. The summed E-state index contributed by atoms with van der Waals surface area (Å²) in [5.41, 5.74) is 2.73. The van der Waals surface area contributed by atoms with E-state index in [1.165, 1.54) is 11.3 Å². The number of benzene rings is 1. The monoisotopic (exact) mass is 341 g/mol. The Hall–Kier alpha value is -2.57. The first kappa shape index (κ1) is 15.9. The number of para-hydroxylation sites is 1. The number of carbonyl (C=O) groups excluding carboxylic acids is 1. The molecule has 7 nitrogen and oxygen atoms in total. The van der Waals surface area contributed by atoms with E-state index in [4.69, 9.17) is 4.52 Å². The normalized spacial score (nSPS) is 19.3. The van der Waals surface area contributed by atoms with Gasteiger partial charge in [0.05, 0.1) is 6.04 Å². The predicted molar refractivity (Wildman–Crippen MR) is 93.6 cm³/mol. The molecule has 2 aliphatic rings. The van der Waals surface area contributed by atoms with E-state index in [2.05, 4.69) is 44.6 Å². The van der Waals surface area contributed by atoms with E-state index in [9.17, 15) is 4.79 Å². The molecule has 1 atom stereocenters. The number of nitrogens with zero attached hydrogens (tertiary/aromatic N) is 4. The van der Waals surface area contributed by atoms with Crippen LogP contribution >= 0.6 is 0 Å². The van der Waals surface area contributed by atoms with E-state index in [1.54, 1.807) is 6.92 Å². The lowest BCUT2D eigenvalue weighted by atomic mass is 10.1. The van der Waals surface area contributed by atoms with Crippen LogP contribution in [0.3, 0.4) is 0 Å². The van der Waals surface area contributed by atoms with Gasteiger partial charge in [-0.2, -0.15) is 4.98 Å². The van der Waals surface area contributed by atoms with Gasteiger partial charge in [0.1, 0.15) is 0 Å². The largest absolute Gasteiger partial charge is 0.366 e. The molecular weight excluding hydrogens is 318 g/mol. The number of aromatic nitrogens is 2. The highest BCUT2D eigenvalue weighted by Crippen LogP contribution is 2.33. The van der Waals surface area contributed by atoms with Crippen LogP contribution in [0.2, 0.25) is 0 Å². The number of rotatable bonds is 3. The van der Waals surface area contributed by atoms with E-state index in [0.29, 0.717) is 30.7 Å². The highest BCUT2D eigenvalue weighted by molar-refractivity contribution is 5.74. The average molecular weight is 341 g/mol. The number of aryl methyl sites for hydroxylation is 1. The van der Waals surface area contributed by atoms with Crippen molar-refractivity contribution in [3.05, 3.63) is 41.5 Å². The molecule has 0 bridgehead atoms. The lowest BCUT2D eigenvalue weighted by Gasteiger charge is -2.27. The minimum absolute atomic E-state index is 0.00552. The van der Waals surface area contributed by atoms with Crippen LogP contribution in [0.25, 0.3) is 0 Å². The Morgan fingerprint density at radius 2 is 2.24 bits per heavy atom. The number of urea groups is 1. The Labute approximate surface area is 147 Å². The Morgan fingerprint density at radius 3 is 3.08 bits per heavy atom. The van der Waals surface area contributed by atoms with Crippen molar-refractivity contribution in [1.82, 2.24) is 20.4 Å². The fourth-order valence-corrected chi connectivity index (χ4v) is 3.78. The summed E-state index contributed by atoms with van der Waals surface area (Å²) in [5.74, 6) is 1.18. The van der Waals surface area contributed by atoms with E-state index >= 15 is 0 Å². The van der Waals surface area contributed by atoms with Gasteiger partial charge in [-0.25, -0.2) is 4.79 Å². The number of carbonyl (C=O) groups is 1. The number of hydrogen-bond acceptors (Lipinski definition) is 5. The predicted octanol–water partition coefficient (Wildman–Crippen LogP) is 1.77. The summed E-state index contributed by atoms with van der Waals surface area (Å²) >= 11 is 0. The SMILES string of the molecule is Cc1noc(CCNC(=O)N2CCCN3c4ccccc4CC3C2)n1. The zero-order chi connectivity index (χ0) is 17.2. The Bertz CT molecular complexity index is 759. The third-order valence-corrected chi connectivity index (χ3v) is 4.93. The molecular formula is C18H23N5O2. The third-order valence-electron chi connectivity index (χ3n) is 4.93. The van der Waals surface area contributed by atoms with Gasteiger partial charge in [-0.15, -0.1) is 0 Å². The second kappa shape index (κ2) is 6.74. The summed E-state index contributed by atoms with van der Waals surface area (Å²) in [4.78, 5) is 21.1. The summed E-state index contributed by atoms with van der Waals surface area (Å²) in [6.07, 6.45) is 2.56. The molecule has 2 amide bonds. The first-order valence-corrected chi connectivity index (χ1v) is 8.87. The first-order valence-electron chi connectivity index (χ1n) is 8.87. The van der Waals surface area contributed by atoms with Crippen molar-refractivity contribution < 1.29 is 9.32 Å². The van der Waals surface area contributed by atoms with Gasteiger partial charge in [0.15, 0.2) is 5.82 Å². The summed E-state index contributed by atoms with van der Waals surface area (Å²) in [5, 5.41) is 6.74. The standard InChI is InChI=1S/C18H23N5O2/c1-13-20-17(25-21-13)7-8-19-18(24)22-9-4-10-23-15(12-22)11-14-5-2-3-6-16(14)23/h2-3,5-6,15H,4,7-12H2,1H3,(H,19,24). The van der Waals surface area contributed by atoms with E-state index in [1.807, 2.05) is 4.90 Å². The molecule has 132 valence electrons. The van der Waals surface area contributed by atoms with Gasteiger partial charge in [0.25, 0.3) is 0 Å². The van der Waals surface area contributed by atoms with Gasteiger partial charge in [0, 0.05) is 38.3 Å². The maximum atomic E-state index is 12.5. The lowest BCUT2D eigenvalue weighted by Crippen LogP contribution is -2.46. The molecule has 1 aromatic carbocycles. The molecule has 1 unspecified atom stereocenters. The van der Waals surface area contributed by atoms with Crippen molar-refractivity contribution in [3.63, 3.8) is 0 Å². The van der Waals surface area contributed by atoms with Gasteiger partial charge in [-0.1, -0.05) is 23.4 Å². The third kappa shape index (κ3) is 3.31. The molecule has 2 aliphatic heterocycles. The molecule has 1 aromatic heterocycles. The Morgan fingerprint density at radius 1 is 1.36 bits per heavy atom. The molecule has 0 aliphatic carbocycles. The van der Waals surface area contributed by atoms with Crippen LogP contribution in [-0.4, -0.2) is 53.3 Å². The zero-order valence-corrected chi connectivity index (χ0v) is 14.4. The molecule has 3 heterocycles. The van der Waals surface area contributed by atoms with Crippen LogP contribution < -0.4 is 10.2 Å². The number of nitrogens with one attached hydrogen (secondary N) is 1. The minimum atomic E-state index is -0.00552. The molecule has 1 fully saturated rings. The number of fused-ring (bicyclic) bond motifs is 3. The summed E-state index contributed by atoms with van der Waals surface area (Å²) in [6, 6.07) is 8.95. The van der Waals surface area contributed by atoms with Crippen molar-refractivity contribution in [1.29, 1.82) is 0 Å². The Balaban J connectivity index is 1.33. The fraction of sp³-hybridized carbons (Fsp3) is 0.500. The van der Waals surface area contributed by atoms with E-state index in [0.717, 1.165) is 32.5 Å². The number of amides is 2. The second-order valence-electron chi connectivity index (χ2n) is 6.70. The van der Waals surface area contributed by atoms with Gasteiger partial charge >= 0.3 is 6.03 Å². The molecule has 2 aromatic rings. The molecule has 0 saturated carbocycles. The van der Waals surface area contributed by atoms with Crippen LogP contribution in [0.5, 0.6) is 0 Å². The Kier molecular flexibility index (Phi) is 4.29. The molecule has 1 saturated heterocycles. The van der Waals surface area contributed by atoms with Gasteiger partial charge < -0.3 is 19.6 Å². The molecule has 1 N–H and O–H groups in total. The van der Waals surface area contributed by atoms with Crippen LogP contribution in [0.1, 0.15) is 23.7 Å². The van der Waals surface area contributed by atoms with Crippen LogP contribution in [0, 0.1) is 6.92 Å². The lowest BCUT2D eigenvalue weighted by molar-refractivity contribution is 0.197. The van der Waals surface area contributed by atoms with Gasteiger partial charge in [-0.05, 0) is 31.4 Å². The van der Waals surface area contributed by atoms with Gasteiger partial charge in [0.2, 0.25) is 5.89 Å². The molecule has 7 heteroatoms. The summed E-state index contributed by atoms with van der Waals surface area (Å²) < 4.78 is 5.07. The average Bonchev–Trinajstić information content (AvgIpc) is 3.10. The van der Waals surface area contributed by atoms with E-state index in [-0.39, 0.29) is 6.03 Å². The maximum Gasteiger partial charge on any atom is 0.317 e. The minimum Gasteiger partial charge on any atom is -0.366 e. The van der Waals surface area contributed by atoms with Crippen molar-refractivity contribution in [3.8, 4) is 0 Å². The number of anilines is 1. The smallest absolute Gasteiger partial charge is 0.317 e. The van der Waals surface area contributed by atoms with Crippen LogP contribution in [-0.2, 0) is 12.8 Å². The highest BCUT2D eigenvalue weighted by atomic mass is 16.5. The molecule has 0 radical (unpaired) electrons. The van der Waals surface area contributed by atoms with Crippen molar-refractivity contribution >= 4 is 11.7 Å². The van der Waals surface area contributed by atoms with Crippen molar-refractivity contribution in [2.45, 2.75) is 32.2 Å². The van der Waals surface area contributed by atoms with Crippen molar-refractivity contribution in [2.24, 2.45) is 0 Å². The van der Waals surface area contributed by atoms with Gasteiger partial charge in [-0.3, -0.25) is 0 Å². The first-order chi connectivity index (χ1) is 12.2. The van der Waals surface area contributed by atoms with Crippen LogP contribution in [0.15, 0.2) is 28.8 Å². The zero-order valence-electron chi connectivity index (χ0n) is 14.4.